The van der Waals surface area contributed by atoms with Gasteiger partial charge in [0.15, 0.2) is 12.4 Å². The second-order valence-corrected chi connectivity index (χ2v) is 5.90. The van der Waals surface area contributed by atoms with Gasteiger partial charge in [-0.2, -0.15) is 4.98 Å². The number of ether oxygens (including phenoxy) is 1. The van der Waals surface area contributed by atoms with E-state index in [0.717, 1.165) is 11.3 Å². The average Bonchev–Trinajstić information content (AvgIpc) is 3.23. The lowest BCUT2D eigenvalue weighted by atomic mass is 10.2. The van der Waals surface area contributed by atoms with Crippen molar-refractivity contribution in [1.29, 1.82) is 0 Å². The van der Waals surface area contributed by atoms with Crippen LogP contribution in [0.5, 0.6) is 0 Å². The normalized spacial score (nSPS) is 10.6. The molecule has 0 radical (unpaired) electrons. The molecule has 0 saturated heterocycles. The van der Waals surface area contributed by atoms with Crippen LogP contribution < -0.4 is 0 Å². The Balaban J connectivity index is 1.63. The van der Waals surface area contributed by atoms with Crippen molar-refractivity contribution < 1.29 is 23.2 Å². The number of hydrogen-bond acceptors (Lipinski definition) is 7. The van der Waals surface area contributed by atoms with E-state index in [9.17, 15) is 14.0 Å². The van der Waals surface area contributed by atoms with Gasteiger partial charge in [0, 0.05) is 5.56 Å². The third kappa shape index (κ3) is 3.54. The first-order valence-electron chi connectivity index (χ1n) is 6.89. The minimum Gasteiger partial charge on any atom is -0.451 e. The summed E-state index contributed by atoms with van der Waals surface area (Å²) in [5.41, 5.74) is 0.585. The fourth-order valence-corrected chi connectivity index (χ4v) is 2.66. The van der Waals surface area contributed by atoms with Crippen molar-refractivity contribution in [3.05, 3.63) is 57.9 Å². The van der Waals surface area contributed by atoms with Crippen LogP contribution in [0.3, 0.4) is 0 Å². The molecule has 1 aromatic carbocycles. The molecular weight excluding hydrogens is 335 g/mol. The topological polar surface area (TPSA) is 82.3 Å². The molecule has 2 heterocycles. The van der Waals surface area contributed by atoms with Crippen molar-refractivity contribution in [1.82, 2.24) is 10.1 Å². The van der Waals surface area contributed by atoms with Gasteiger partial charge in [-0.05, 0) is 43.3 Å². The van der Waals surface area contributed by atoms with Crippen LogP contribution in [0, 0.1) is 5.82 Å². The molecule has 0 bridgehead atoms. The summed E-state index contributed by atoms with van der Waals surface area (Å²) in [6.45, 7) is 1.23. The summed E-state index contributed by atoms with van der Waals surface area (Å²) in [5.74, 6) is -0.659. The maximum atomic E-state index is 12.9. The lowest BCUT2D eigenvalue weighted by Crippen LogP contribution is -2.03. The first-order chi connectivity index (χ1) is 11.5. The Morgan fingerprint density at radius 1 is 1.17 bits per heavy atom. The molecular formula is C16H11FN2O4S. The van der Waals surface area contributed by atoms with E-state index in [2.05, 4.69) is 10.1 Å². The maximum Gasteiger partial charge on any atom is 0.348 e. The van der Waals surface area contributed by atoms with Gasteiger partial charge in [0.2, 0.25) is 5.82 Å². The molecule has 0 fully saturated rings. The summed E-state index contributed by atoms with van der Waals surface area (Å²) in [7, 11) is 0. The summed E-state index contributed by atoms with van der Waals surface area (Å²) in [5, 5.41) is 3.75. The maximum absolute atomic E-state index is 12.9. The molecule has 8 heteroatoms. The minimum absolute atomic E-state index is 0.111. The first-order valence-corrected chi connectivity index (χ1v) is 7.71. The van der Waals surface area contributed by atoms with Gasteiger partial charge in [0.1, 0.15) is 10.7 Å². The highest BCUT2D eigenvalue weighted by molar-refractivity contribution is 7.15. The molecule has 0 aliphatic rings. The average molecular weight is 346 g/mol. The zero-order valence-electron chi connectivity index (χ0n) is 12.5. The van der Waals surface area contributed by atoms with Gasteiger partial charge in [0.25, 0.3) is 5.89 Å². The van der Waals surface area contributed by atoms with Gasteiger partial charge in [-0.15, -0.1) is 11.3 Å². The fourth-order valence-electron chi connectivity index (χ4n) is 1.86. The van der Waals surface area contributed by atoms with Crippen LogP contribution in [0.4, 0.5) is 4.39 Å². The number of benzene rings is 1. The van der Waals surface area contributed by atoms with Gasteiger partial charge >= 0.3 is 5.97 Å². The Kier molecular flexibility index (Phi) is 4.48. The number of aromatic nitrogens is 2. The monoisotopic (exact) mass is 346 g/mol. The number of Topliss-reactive ketones (excluding diaryl/α,β-unsaturated/α-hetero) is 1. The van der Waals surface area contributed by atoms with E-state index in [-0.39, 0.29) is 29.9 Å². The predicted molar refractivity (Wildman–Crippen MR) is 83.1 cm³/mol. The van der Waals surface area contributed by atoms with Crippen LogP contribution in [-0.4, -0.2) is 21.9 Å². The van der Waals surface area contributed by atoms with Crippen molar-refractivity contribution in [2.45, 2.75) is 13.5 Å². The summed E-state index contributed by atoms with van der Waals surface area (Å²) >= 11 is 1.06. The summed E-state index contributed by atoms with van der Waals surface area (Å²) in [6.07, 6.45) is 0. The van der Waals surface area contributed by atoms with Crippen molar-refractivity contribution in [2.75, 3.05) is 0 Å². The van der Waals surface area contributed by atoms with Gasteiger partial charge in [-0.25, -0.2) is 9.18 Å². The van der Waals surface area contributed by atoms with Crippen molar-refractivity contribution in [3.8, 4) is 11.4 Å². The molecule has 2 aromatic heterocycles. The molecule has 0 amide bonds. The minimum atomic E-state index is -0.575. The van der Waals surface area contributed by atoms with Gasteiger partial charge in [-0.1, -0.05) is 5.16 Å². The Morgan fingerprint density at radius 2 is 1.88 bits per heavy atom. The molecule has 0 aliphatic heterocycles. The standard InChI is InChI=1S/C16H11FN2O4S/c1-9(20)12-6-7-13(24-12)16(21)22-8-14-18-15(19-23-14)10-2-4-11(17)5-3-10/h2-7H,8H2,1H3. The summed E-state index contributed by atoms with van der Waals surface area (Å²) < 4.78 is 23.0. The SMILES string of the molecule is CC(=O)c1ccc(C(=O)OCc2nc(-c3ccc(F)cc3)no2)s1. The molecule has 0 atom stereocenters. The van der Waals surface area contributed by atoms with Crippen molar-refractivity contribution in [2.24, 2.45) is 0 Å². The number of nitrogens with zero attached hydrogens (tertiary/aromatic N) is 2. The van der Waals surface area contributed by atoms with Gasteiger partial charge in [-0.3, -0.25) is 4.79 Å². The van der Waals surface area contributed by atoms with Gasteiger partial charge < -0.3 is 9.26 Å². The highest BCUT2D eigenvalue weighted by Crippen LogP contribution is 2.19. The molecule has 122 valence electrons. The van der Waals surface area contributed by atoms with E-state index in [1.54, 1.807) is 6.07 Å². The number of carbonyl (C=O) groups is 2. The number of hydrogen-bond donors (Lipinski definition) is 0. The molecule has 0 saturated carbocycles. The lowest BCUT2D eigenvalue weighted by Gasteiger charge is -1.98. The van der Waals surface area contributed by atoms with Crippen molar-refractivity contribution >= 4 is 23.1 Å². The molecule has 0 unspecified atom stereocenters. The predicted octanol–water partition coefficient (Wildman–Crippen LogP) is 3.50. The van der Waals surface area contributed by atoms with E-state index < -0.39 is 5.97 Å². The molecule has 0 aliphatic carbocycles. The van der Waals surface area contributed by atoms with Crippen LogP contribution in [0.25, 0.3) is 11.4 Å². The number of thiophene rings is 1. The van der Waals surface area contributed by atoms with Crippen LogP contribution in [0.1, 0.15) is 32.2 Å². The van der Waals surface area contributed by atoms with Crippen LogP contribution in [0.2, 0.25) is 0 Å². The lowest BCUT2D eigenvalue weighted by molar-refractivity contribution is 0.0435. The van der Waals surface area contributed by atoms with Crippen LogP contribution >= 0.6 is 11.3 Å². The highest BCUT2D eigenvalue weighted by atomic mass is 32.1. The smallest absolute Gasteiger partial charge is 0.348 e. The Bertz CT molecular complexity index is 886. The van der Waals surface area contributed by atoms with E-state index in [0.29, 0.717) is 15.3 Å². The van der Waals surface area contributed by atoms with Crippen molar-refractivity contribution in [3.63, 3.8) is 0 Å². The molecule has 0 N–H and O–H groups in total. The largest absolute Gasteiger partial charge is 0.451 e. The Labute approximate surface area is 139 Å². The first kappa shape index (κ1) is 16.0. The summed E-state index contributed by atoms with van der Waals surface area (Å²) in [4.78, 5) is 28.0. The highest BCUT2D eigenvalue weighted by Gasteiger charge is 2.15. The molecule has 3 rings (SSSR count). The molecule has 0 spiro atoms. The van der Waals surface area contributed by atoms with E-state index in [1.807, 2.05) is 0 Å². The molecule has 3 aromatic rings. The number of rotatable bonds is 5. The van der Waals surface area contributed by atoms with E-state index in [4.69, 9.17) is 9.26 Å². The zero-order valence-corrected chi connectivity index (χ0v) is 13.3. The van der Waals surface area contributed by atoms with Crippen LogP contribution in [-0.2, 0) is 11.3 Å². The van der Waals surface area contributed by atoms with E-state index in [1.165, 1.54) is 37.3 Å². The number of carbonyl (C=O) groups excluding carboxylic acids is 2. The van der Waals surface area contributed by atoms with Crippen LogP contribution in [0.15, 0.2) is 40.9 Å². The third-order valence-corrected chi connectivity index (χ3v) is 4.22. The number of esters is 1. The molecule has 6 nitrogen and oxygen atoms in total. The number of halogens is 1. The second kappa shape index (κ2) is 6.71. The quantitative estimate of drug-likeness (QED) is 0.519. The number of ketones is 1. The fraction of sp³-hybridized carbons (Fsp3) is 0.125. The second-order valence-electron chi connectivity index (χ2n) is 4.81. The zero-order chi connectivity index (χ0) is 17.1. The third-order valence-electron chi connectivity index (χ3n) is 3.05. The Morgan fingerprint density at radius 3 is 2.54 bits per heavy atom. The van der Waals surface area contributed by atoms with E-state index >= 15 is 0 Å². The molecule has 24 heavy (non-hydrogen) atoms. The summed E-state index contributed by atoms with van der Waals surface area (Å²) in [6, 6.07) is 8.71. The van der Waals surface area contributed by atoms with Gasteiger partial charge in [0.05, 0.1) is 4.88 Å². The Hall–Kier alpha value is -2.87.